The van der Waals surface area contributed by atoms with Crippen molar-refractivity contribution in [2.75, 3.05) is 6.61 Å². The van der Waals surface area contributed by atoms with E-state index >= 15 is 0 Å². The predicted molar refractivity (Wildman–Crippen MR) is 110 cm³/mol. The molecule has 1 aromatic rings. The Morgan fingerprint density at radius 2 is 1.28 bits per heavy atom. The molecule has 2 nitrogen and oxygen atoms in total. The van der Waals surface area contributed by atoms with Crippen LogP contribution in [-0.2, 0) is 32.7 Å². The number of rotatable bonds is 4. The van der Waals surface area contributed by atoms with Crippen molar-refractivity contribution >= 4 is 0 Å². The molecule has 2 N–H and O–H groups in total. The van der Waals surface area contributed by atoms with E-state index in [1.807, 2.05) is 46.8 Å². The summed E-state index contributed by atoms with van der Waals surface area (Å²) in [4.78, 5) is 0. The molecule has 0 heterocycles. The van der Waals surface area contributed by atoms with Gasteiger partial charge in [-0.15, -0.1) is 0 Å². The van der Waals surface area contributed by atoms with Gasteiger partial charge in [-0.05, 0) is 41.9 Å². The molecule has 0 fully saturated rings. The molecule has 0 saturated heterocycles. The Balaban J connectivity index is -0.000000155. The SMILES string of the molecule is CC.CC(C)(C)CO.CCC.CCCC(CC)c1ccc(O)cc1.[Y]. The predicted octanol–water partition coefficient (Wildman–Crippen LogP) is 7.15. The van der Waals surface area contributed by atoms with Gasteiger partial charge in [0.05, 0.1) is 0 Å². The number of phenols is 1. The number of aliphatic hydroxyl groups excluding tert-OH is 1. The van der Waals surface area contributed by atoms with Crippen LogP contribution in [0.25, 0.3) is 0 Å². The van der Waals surface area contributed by atoms with E-state index in [9.17, 15) is 0 Å². The van der Waals surface area contributed by atoms with Gasteiger partial charge >= 0.3 is 0 Å². The molecule has 0 amide bonds. The Morgan fingerprint density at radius 1 is 0.920 bits per heavy atom. The average molecular weight is 429 g/mol. The van der Waals surface area contributed by atoms with Gasteiger partial charge in [0, 0.05) is 39.3 Å². The van der Waals surface area contributed by atoms with Crippen LogP contribution in [0.15, 0.2) is 24.3 Å². The Kier molecular flexibility index (Phi) is 29.0. The van der Waals surface area contributed by atoms with Crippen LogP contribution in [0.1, 0.15) is 99.5 Å². The van der Waals surface area contributed by atoms with E-state index < -0.39 is 0 Å². The maximum Gasteiger partial charge on any atom is 0.115 e. The maximum absolute atomic E-state index is 9.14. The summed E-state index contributed by atoms with van der Waals surface area (Å²) in [7, 11) is 0. The number of aliphatic hydroxyl groups is 1. The Bertz CT molecular complexity index is 342. The van der Waals surface area contributed by atoms with Crippen molar-refractivity contribution in [3.63, 3.8) is 0 Å². The van der Waals surface area contributed by atoms with Gasteiger partial charge in [0.1, 0.15) is 5.75 Å². The second kappa shape index (κ2) is 22.1. The fraction of sp³-hybridized carbons (Fsp3) is 0.727. The number of aromatic hydroxyl groups is 1. The normalized spacial score (nSPS) is 10.5. The van der Waals surface area contributed by atoms with Crippen molar-refractivity contribution < 1.29 is 42.9 Å². The molecule has 3 heteroatoms. The minimum absolute atomic E-state index is 0. The largest absolute Gasteiger partial charge is 0.508 e. The summed E-state index contributed by atoms with van der Waals surface area (Å²) in [6, 6.07) is 7.60. The number of benzene rings is 1. The molecule has 0 bridgehead atoms. The summed E-state index contributed by atoms with van der Waals surface area (Å²) < 4.78 is 0. The van der Waals surface area contributed by atoms with Gasteiger partial charge in [0.15, 0.2) is 0 Å². The van der Waals surface area contributed by atoms with Crippen LogP contribution in [-0.4, -0.2) is 16.8 Å². The third-order valence-electron chi connectivity index (χ3n) is 2.97. The molecule has 0 spiro atoms. The van der Waals surface area contributed by atoms with E-state index in [1.54, 1.807) is 12.1 Å². The maximum atomic E-state index is 9.14. The smallest absolute Gasteiger partial charge is 0.115 e. The van der Waals surface area contributed by atoms with Gasteiger partial charge in [-0.25, -0.2) is 0 Å². The summed E-state index contributed by atoms with van der Waals surface area (Å²) >= 11 is 0. The molecule has 0 aliphatic rings. The fourth-order valence-corrected chi connectivity index (χ4v) is 1.70. The first kappa shape index (κ1) is 32.7. The molecule has 0 aromatic heterocycles. The van der Waals surface area contributed by atoms with Crippen LogP contribution in [0.4, 0.5) is 0 Å². The average Bonchev–Trinajstić information content (AvgIpc) is 2.56. The summed E-state index contributed by atoms with van der Waals surface area (Å²) in [5.74, 6) is 1.01. The van der Waals surface area contributed by atoms with Gasteiger partial charge in [-0.1, -0.05) is 87.3 Å². The summed E-state index contributed by atoms with van der Waals surface area (Å²) in [6.45, 7) is 18.9. The topological polar surface area (TPSA) is 40.5 Å². The Labute approximate surface area is 183 Å². The van der Waals surface area contributed by atoms with E-state index in [1.165, 1.54) is 31.2 Å². The van der Waals surface area contributed by atoms with Crippen molar-refractivity contribution in [2.45, 2.75) is 93.9 Å². The summed E-state index contributed by atoms with van der Waals surface area (Å²) in [5, 5.41) is 17.5. The number of hydrogen-bond acceptors (Lipinski definition) is 2. The molecule has 25 heavy (non-hydrogen) atoms. The fourth-order valence-electron chi connectivity index (χ4n) is 1.70. The third kappa shape index (κ3) is 24.1. The number of hydrogen-bond donors (Lipinski definition) is 2. The monoisotopic (exact) mass is 429 g/mol. The van der Waals surface area contributed by atoms with Gasteiger partial charge in [-0.3, -0.25) is 0 Å². The molecular formula is C22H44O2Y. The van der Waals surface area contributed by atoms with Crippen molar-refractivity contribution in [1.82, 2.24) is 0 Å². The van der Waals surface area contributed by atoms with E-state index in [0.29, 0.717) is 11.7 Å². The van der Waals surface area contributed by atoms with Crippen LogP contribution in [0.3, 0.4) is 0 Å². The minimum atomic E-state index is 0. The van der Waals surface area contributed by atoms with Crippen molar-refractivity contribution in [1.29, 1.82) is 0 Å². The Morgan fingerprint density at radius 3 is 1.52 bits per heavy atom. The minimum Gasteiger partial charge on any atom is -0.508 e. The van der Waals surface area contributed by atoms with Crippen molar-refractivity contribution in [3.8, 4) is 5.75 Å². The van der Waals surface area contributed by atoms with Crippen molar-refractivity contribution in [2.24, 2.45) is 5.41 Å². The van der Waals surface area contributed by atoms with Crippen LogP contribution < -0.4 is 0 Å². The van der Waals surface area contributed by atoms with Crippen LogP contribution >= 0.6 is 0 Å². The summed E-state index contributed by atoms with van der Waals surface area (Å²) in [6.07, 6.45) is 4.89. The number of phenolic OH excluding ortho intramolecular Hbond substituents is 1. The van der Waals surface area contributed by atoms with Crippen molar-refractivity contribution in [3.05, 3.63) is 29.8 Å². The molecule has 1 aromatic carbocycles. The van der Waals surface area contributed by atoms with Crippen LogP contribution in [0.2, 0.25) is 0 Å². The molecule has 1 atom stereocenters. The third-order valence-corrected chi connectivity index (χ3v) is 2.97. The first-order valence-electron chi connectivity index (χ1n) is 9.65. The quantitative estimate of drug-likeness (QED) is 0.533. The second-order valence-electron chi connectivity index (χ2n) is 6.91. The molecule has 0 aliphatic heterocycles. The van der Waals surface area contributed by atoms with E-state index in [0.717, 1.165) is 0 Å². The van der Waals surface area contributed by atoms with Crippen LogP contribution in [0.5, 0.6) is 5.75 Å². The molecule has 1 radical (unpaired) electrons. The van der Waals surface area contributed by atoms with Gasteiger partial charge in [-0.2, -0.15) is 0 Å². The zero-order valence-electron chi connectivity index (χ0n) is 18.4. The Hall–Kier alpha value is 0.0839. The van der Waals surface area contributed by atoms with Gasteiger partial charge in [0.25, 0.3) is 0 Å². The van der Waals surface area contributed by atoms with Crippen LogP contribution in [0, 0.1) is 5.41 Å². The summed E-state index contributed by atoms with van der Waals surface area (Å²) in [5.41, 5.74) is 1.45. The second-order valence-corrected chi connectivity index (χ2v) is 6.91. The molecule has 1 unspecified atom stereocenters. The first-order chi connectivity index (χ1) is 11.2. The van der Waals surface area contributed by atoms with Gasteiger partial charge in [0.2, 0.25) is 0 Å². The van der Waals surface area contributed by atoms with E-state index in [-0.39, 0.29) is 44.7 Å². The molecule has 147 valence electrons. The molecule has 1 rings (SSSR count). The van der Waals surface area contributed by atoms with E-state index in [4.69, 9.17) is 10.2 Å². The molecular weight excluding hydrogens is 385 g/mol. The standard InChI is InChI=1S/C12H18O.C5H12O.C3H8.C2H6.Y/c1-3-5-10(4-2)11-6-8-12(13)9-7-11;1-5(2,3)4-6;1-3-2;1-2;/h6-10,13H,3-5H2,1-2H3;6H,4H2,1-3H3;3H2,1-2H3;1-2H3;. The first-order valence-corrected chi connectivity index (χ1v) is 9.65. The molecule has 0 saturated carbocycles. The zero-order valence-corrected chi connectivity index (χ0v) is 21.2. The van der Waals surface area contributed by atoms with E-state index in [2.05, 4.69) is 27.7 Å². The molecule has 0 aliphatic carbocycles. The van der Waals surface area contributed by atoms with Gasteiger partial charge < -0.3 is 10.2 Å². The zero-order chi connectivity index (χ0) is 19.6.